The van der Waals surface area contributed by atoms with E-state index >= 15 is 0 Å². The zero-order chi connectivity index (χ0) is 12.3. The Morgan fingerprint density at radius 3 is 3.00 bits per heavy atom. The van der Waals surface area contributed by atoms with Gasteiger partial charge in [-0.15, -0.1) is 0 Å². The highest BCUT2D eigenvalue weighted by Crippen LogP contribution is 2.18. The van der Waals surface area contributed by atoms with Gasteiger partial charge >= 0.3 is 0 Å². The van der Waals surface area contributed by atoms with Crippen molar-refractivity contribution in [1.29, 1.82) is 5.26 Å². The molecule has 0 spiro atoms. The highest BCUT2D eigenvalue weighted by atomic mass is 19.1. The van der Waals surface area contributed by atoms with Crippen molar-refractivity contribution in [3.63, 3.8) is 0 Å². The van der Waals surface area contributed by atoms with E-state index in [1.807, 2.05) is 19.3 Å². The topological polar surface area (TPSA) is 53.6 Å². The summed E-state index contributed by atoms with van der Waals surface area (Å²) in [6.07, 6.45) is 3.58. The number of nitrogens with one attached hydrogen (secondary N) is 1. The average molecular weight is 230 g/mol. The molecule has 5 heteroatoms. The molecule has 0 saturated heterocycles. The van der Waals surface area contributed by atoms with Crippen molar-refractivity contribution >= 4 is 5.69 Å². The van der Waals surface area contributed by atoms with Gasteiger partial charge in [0.2, 0.25) is 0 Å². The van der Waals surface area contributed by atoms with E-state index in [-0.39, 0.29) is 5.56 Å². The number of rotatable bonds is 3. The summed E-state index contributed by atoms with van der Waals surface area (Å²) >= 11 is 0. The fraction of sp³-hybridized carbons (Fsp3) is 0.167. The van der Waals surface area contributed by atoms with Crippen LogP contribution in [-0.4, -0.2) is 9.78 Å². The lowest BCUT2D eigenvalue weighted by molar-refractivity contribution is 0.624. The molecule has 86 valence electrons. The van der Waals surface area contributed by atoms with Gasteiger partial charge in [-0.3, -0.25) is 4.68 Å². The van der Waals surface area contributed by atoms with Crippen LogP contribution < -0.4 is 5.32 Å². The Morgan fingerprint density at radius 1 is 1.53 bits per heavy atom. The normalized spacial score (nSPS) is 9.94. The van der Waals surface area contributed by atoms with Crippen molar-refractivity contribution in [1.82, 2.24) is 9.78 Å². The maximum atomic E-state index is 13.3. The van der Waals surface area contributed by atoms with Crippen LogP contribution >= 0.6 is 0 Å². The lowest BCUT2D eigenvalue weighted by atomic mass is 10.2. The van der Waals surface area contributed by atoms with Crippen LogP contribution in [0.4, 0.5) is 10.1 Å². The van der Waals surface area contributed by atoms with Crippen molar-refractivity contribution in [2.45, 2.75) is 6.54 Å². The van der Waals surface area contributed by atoms with Crippen LogP contribution in [0.3, 0.4) is 0 Å². The van der Waals surface area contributed by atoms with E-state index in [0.29, 0.717) is 12.2 Å². The minimum atomic E-state index is -0.510. The molecule has 1 heterocycles. The number of benzene rings is 1. The molecule has 17 heavy (non-hydrogen) atoms. The third-order valence-corrected chi connectivity index (χ3v) is 2.37. The van der Waals surface area contributed by atoms with Gasteiger partial charge in [0.05, 0.1) is 11.9 Å². The Labute approximate surface area is 98.3 Å². The quantitative estimate of drug-likeness (QED) is 0.877. The fourth-order valence-corrected chi connectivity index (χ4v) is 1.55. The first-order chi connectivity index (χ1) is 8.20. The van der Waals surface area contributed by atoms with Crippen LogP contribution in [0.25, 0.3) is 0 Å². The Hall–Kier alpha value is -2.35. The number of halogens is 1. The molecule has 4 nitrogen and oxygen atoms in total. The molecule has 0 aliphatic heterocycles. The second-order valence-electron chi connectivity index (χ2n) is 3.65. The Kier molecular flexibility index (Phi) is 3.06. The fourth-order valence-electron chi connectivity index (χ4n) is 1.55. The molecule has 0 unspecified atom stereocenters. The highest BCUT2D eigenvalue weighted by Gasteiger charge is 2.07. The summed E-state index contributed by atoms with van der Waals surface area (Å²) < 4.78 is 15.0. The molecular weight excluding hydrogens is 219 g/mol. The Balaban J connectivity index is 2.14. The van der Waals surface area contributed by atoms with Gasteiger partial charge in [0.1, 0.15) is 17.4 Å². The summed E-state index contributed by atoms with van der Waals surface area (Å²) in [5, 5.41) is 15.9. The van der Waals surface area contributed by atoms with Crippen molar-refractivity contribution in [2.24, 2.45) is 7.05 Å². The SMILES string of the molecule is Cn1cc(CNc2cccc(F)c2C#N)cn1. The lowest BCUT2D eigenvalue weighted by Gasteiger charge is -2.06. The van der Waals surface area contributed by atoms with Gasteiger partial charge in [-0.25, -0.2) is 4.39 Å². The molecule has 0 radical (unpaired) electrons. The summed E-state index contributed by atoms with van der Waals surface area (Å²) in [6.45, 7) is 0.506. The number of aryl methyl sites for hydroxylation is 1. The molecule has 2 rings (SSSR count). The van der Waals surface area contributed by atoms with Gasteiger partial charge in [-0.2, -0.15) is 10.4 Å². The number of nitriles is 1. The zero-order valence-electron chi connectivity index (χ0n) is 9.31. The second kappa shape index (κ2) is 4.66. The van der Waals surface area contributed by atoms with Crippen LogP contribution in [0.5, 0.6) is 0 Å². The third kappa shape index (κ3) is 2.42. The van der Waals surface area contributed by atoms with Gasteiger partial charge in [-0.05, 0) is 12.1 Å². The highest BCUT2D eigenvalue weighted by molar-refractivity contribution is 5.57. The van der Waals surface area contributed by atoms with Crippen molar-refractivity contribution in [3.05, 3.63) is 47.5 Å². The molecule has 1 aromatic heterocycles. The maximum absolute atomic E-state index is 13.3. The van der Waals surface area contributed by atoms with E-state index < -0.39 is 5.82 Å². The monoisotopic (exact) mass is 230 g/mol. The minimum absolute atomic E-state index is 0.0383. The minimum Gasteiger partial charge on any atom is -0.380 e. The molecule has 0 atom stereocenters. The summed E-state index contributed by atoms with van der Waals surface area (Å²) in [4.78, 5) is 0. The summed E-state index contributed by atoms with van der Waals surface area (Å²) in [5.74, 6) is -0.510. The molecule has 0 bridgehead atoms. The predicted octanol–water partition coefficient (Wildman–Crippen LogP) is 2.04. The molecule has 2 aromatic rings. The second-order valence-corrected chi connectivity index (χ2v) is 3.65. The zero-order valence-corrected chi connectivity index (χ0v) is 9.31. The van der Waals surface area contributed by atoms with Gasteiger partial charge < -0.3 is 5.32 Å². The molecule has 0 aliphatic carbocycles. The summed E-state index contributed by atoms with van der Waals surface area (Å²) in [6, 6.07) is 6.37. The van der Waals surface area contributed by atoms with Crippen LogP contribution in [0.1, 0.15) is 11.1 Å². The van der Waals surface area contributed by atoms with Gasteiger partial charge in [-0.1, -0.05) is 6.07 Å². The number of hydrogen-bond donors (Lipinski definition) is 1. The predicted molar refractivity (Wildman–Crippen MR) is 61.6 cm³/mol. The van der Waals surface area contributed by atoms with E-state index in [4.69, 9.17) is 5.26 Å². The summed E-state index contributed by atoms with van der Waals surface area (Å²) in [7, 11) is 1.83. The number of nitrogens with zero attached hydrogens (tertiary/aromatic N) is 3. The van der Waals surface area contributed by atoms with Crippen LogP contribution in [0.15, 0.2) is 30.6 Å². The van der Waals surface area contributed by atoms with Crippen molar-refractivity contribution in [2.75, 3.05) is 5.32 Å². The maximum Gasteiger partial charge on any atom is 0.143 e. The van der Waals surface area contributed by atoms with E-state index in [1.165, 1.54) is 6.07 Å². The number of hydrogen-bond acceptors (Lipinski definition) is 3. The van der Waals surface area contributed by atoms with Crippen LogP contribution in [0.2, 0.25) is 0 Å². The standard InChI is InChI=1S/C12H11FN4/c1-17-8-9(7-16-17)6-15-12-4-2-3-11(13)10(12)5-14/h2-4,7-8,15H,6H2,1H3. The first-order valence-corrected chi connectivity index (χ1v) is 5.10. The van der Waals surface area contributed by atoms with Crippen molar-refractivity contribution in [3.8, 4) is 6.07 Å². The molecular formula is C12H11FN4. The first kappa shape index (κ1) is 11.1. The van der Waals surface area contributed by atoms with E-state index in [2.05, 4.69) is 10.4 Å². The number of aromatic nitrogens is 2. The summed E-state index contributed by atoms with van der Waals surface area (Å²) in [5.41, 5.74) is 1.51. The van der Waals surface area contributed by atoms with Gasteiger partial charge in [0.25, 0.3) is 0 Å². The van der Waals surface area contributed by atoms with E-state index in [0.717, 1.165) is 5.56 Å². The largest absolute Gasteiger partial charge is 0.380 e. The van der Waals surface area contributed by atoms with Crippen molar-refractivity contribution < 1.29 is 4.39 Å². The third-order valence-electron chi connectivity index (χ3n) is 2.37. The van der Waals surface area contributed by atoms with Gasteiger partial charge in [0, 0.05) is 25.4 Å². The molecule has 0 fully saturated rings. The van der Waals surface area contributed by atoms with Gasteiger partial charge in [0.15, 0.2) is 0 Å². The molecule has 0 aliphatic rings. The smallest absolute Gasteiger partial charge is 0.143 e. The first-order valence-electron chi connectivity index (χ1n) is 5.10. The van der Waals surface area contributed by atoms with E-state index in [9.17, 15) is 4.39 Å². The van der Waals surface area contributed by atoms with E-state index in [1.54, 1.807) is 23.0 Å². The average Bonchev–Trinajstić information content (AvgIpc) is 2.72. The Bertz CT molecular complexity index is 568. The lowest BCUT2D eigenvalue weighted by Crippen LogP contribution is -2.01. The Morgan fingerprint density at radius 2 is 2.35 bits per heavy atom. The number of anilines is 1. The molecule has 0 amide bonds. The molecule has 0 saturated carbocycles. The van der Waals surface area contributed by atoms with Crippen LogP contribution in [0, 0.1) is 17.1 Å². The van der Waals surface area contributed by atoms with Crippen LogP contribution in [-0.2, 0) is 13.6 Å². The molecule has 1 aromatic carbocycles. The molecule has 1 N–H and O–H groups in total.